The van der Waals surface area contributed by atoms with Crippen LogP contribution in [0.4, 0.5) is 11.9 Å². The SMILES string of the molecule is CCn1nc(C)cc1C(=O)Nc1nc2nc(C(N)=O)ccc2n1C/C=C/Cn1c(NC(=O)c2cc(C)nn2CC)nc2cc(C(N)=O)cc(OCCCN3CCNCC3)c21. The average molecular weight is 820 g/mol. The summed E-state index contributed by atoms with van der Waals surface area (Å²) in [5.41, 5.74) is 15.3. The molecule has 5 aromatic heterocycles. The zero-order valence-corrected chi connectivity index (χ0v) is 34.1. The summed E-state index contributed by atoms with van der Waals surface area (Å²) in [6.07, 6.45) is 4.47. The Morgan fingerprint density at radius 3 is 2.02 bits per heavy atom. The molecule has 0 bridgehead atoms. The number of primary amides is 2. The number of allylic oxidation sites excluding steroid dienone is 2. The summed E-state index contributed by atoms with van der Waals surface area (Å²) in [7, 11) is 0. The molecule has 0 spiro atoms. The number of nitrogens with two attached hydrogens (primary N) is 2. The summed E-state index contributed by atoms with van der Waals surface area (Å²) in [5.74, 6) is -1.41. The van der Waals surface area contributed by atoms with E-state index in [4.69, 9.17) is 21.2 Å². The van der Waals surface area contributed by atoms with Crippen LogP contribution >= 0.6 is 0 Å². The van der Waals surface area contributed by atoms with Crippen LogP contribution in [-0.2, 0) is 26.2 Å². The Morgan fingerprint density at radius 1 is 0.800 bits per heavy atom. The standard InChI is InChI=1S/C40H49N15O5/c1-5-54-30(20-24(3)49-54)37(58)47-39-45-28-22-26(34(41)56)23-32(60-19-9-14-51-17-12-43-13-18-51)33(28)53(39)16-8-7-15-52-29-11-10-27(35(42)57)44-36(29)46-40(52)48-38(59)31-21-25(4)50-55(31)6-2/h7-8,10-11,20-23,43H,5-6,9,12-19H2,1-4H3,(H2,41,56)(H2,42,57)(H,45,47,58)(H,44,46,48,59)/b8-7+. The molecule has 1 saturated heterocycles. The van der Waals surface area contributed by atoms with Crippen molar-refractivity contribution in [3.8, 4) is 5.75 Å². The smallest absolute Gasteiger partial charge is 0.276 e. The molecule has 0 saturated carbocycles. The van der Waals surface area contributed by atoms with Gasteiger partial charge in [0.15, 0.2) is 5.65 Å². The van der Waals surface area contributed by atoms with Gasteiger partial charge in [-0.05, 0) is 70.5 Å². The van der Waals surface area contributed by atoms with Gasteiger partial charge in [-0.3, -0.25) is 39.2 Å². The number of pyridine rings is 1. The lowest BCUT2D eigenvalue weighted by Gasteiger charge is -2.27. The zero-order chi connectivity index (χ0) is 42.5. The highest BCUT2D eigenvalue weighted by molar-refractivity contribution is 6.05. The molecule has 20 heteroatoms. The Labute approximate surface area is 344 Å². The molecule has 6 aromatic rings. The van der Waals surface area contributed by atoms with Crippen LogP contribution in [0.3, 0.4) is 0 Å². The normalized spacial score (nSPS) is 13.4. The van der Waals surface area contributed by atoms with Crippen LogP contribution < -0.4 is 32.2 Å². The molecule has 6 heterocycles. The highest BCUT2D eigenvalue weighted by atomic mass is 16.5. The maximum atomic E-state index is 13.8. The highest BCUT2D eigenvalue weighted by Crippen LogP contribution is 2.32. The molecule has 0 radical (unpaired) electrons. The number of carbonyl (C=O) groups excluding carboxylic acids is 4. The number of ether oxygens (including phenoxy) is 1. The van der Waals surface area contributed by atoms with E-state index in [0.717, 1.165) is 39.1 Å². The maximum absolute atomic E-state index is 13.8. The second kappa shape index (κ2) is 17.9. The summed E-state index contributed by atoms with van der Waals surface area (Å²) < 4.78 is 13.1. The number of carbonyl (C=O) groups is 4. The van der Waals surface area contributed by atoms with E-state index in [9.17, 15) is 19.2 Å². The quantitative estimate of drug-likeness (QED) is 0.0658. The number of hydrogen-bond donors (Lipinski definition) is 5. The average Bonchev–Trinajstić information content (AvgIpc) is 4.00. The van der Waals surface area contributed by atoms with Crippen LogP contribution in [-0.4, -0.2) is 112 Å². The number of nitrogens with one attached hydrogen (secondary N) is 3. The fourth-order valence-electron chi connectivity index (χ4n) is 7.22. The number of rotatable bonds is 17. The number of aromatic nitrogens is 9. The Kier molecular flexibility index (Phi) is 12.3. The molecule has 314 valence electrons. The largest absolute Gasteiger partial charge is 0.491 e. The molecular weight excluding hydrogens is 771 g/mol. The summed E-state index contributed by atoms with van der Waals surface area (Å²) in [5, 5.41) is 18.0. The molecule has 4 amide bonds. The number of piperazine rings is 1. The Hall–Kier alpha value is -6.93. The van der Waals surface area contributed by atoms with Crippen molar-refractivity contribution in [2.75, 3.05) is 50.0 Å². The third-order valence-electron chi connectivity index (χ3n) is 10.1. The lowest BCUT2D eigenvalue weighted by Crippen LogP contribution is -2.43. The van der Waals surface area contributed by atoms with Crippen molar-refractivity contribution in [1.82, 2.24) is 53.9 Å². The Bertz CT molecular complexity index is 2610. The Balaban J connectivity index is 1.22. The number of fused-ring (bicyclic) bond motifs is 2. The zero-order valence-electron chi connectivity index (χ0n) is 34.1. The van der Waals surface area contributed by atoms with E-state index in [1.54, 1.807) is 55.8 Å². The monoisotopic (exact) mass is 819 g/mol. The molecule has 20 nitrogen and oxygen atoms in total. The van der Waals surface area contributed by atoms with Crippen molar-refractivity contribution in [3.05, 3.63) is 82.6 Å². The van der Waals surface area contributed by atoms with Crippen LogP contribution in [0.5, 0.6) is 5.75 Å². The second-order valence-corrected chi connectivity index (χ2v) is 14.3. The van der Waals surface area contributed by atoms with Gasteiger partial charge >= 0.3 is 0 Å². The minimum atomic E-state index is -0.713. The lowest BCUT2D eigenvalue weighted by atomic mass is 10.1. The molecule has 7 rings (SSSR count). The van der Waals surface area contributed by atoms with E-state index in [-0.39, 0.29) is 41.9 Å². The van der Waals surface area contributed by atoms with Crippen LogP contribution in [0.1, 0.15) is 73.5 Å². The van der Waals surface area contributed by atoms with Gasteiger partial charge in [-0.2, -0.15) is 15.2 Å². The number of imidazole rings is 2. The van der Waals surface area contributed by atoms with Gasteiger partial charge in [-0.15, -0.1) is 0 Å². The van der Waals surface area contributed by atoms with Crippen molar-refractivity contribution in [3.63, 3.8) is 0 Å². The molecule has 1 aromatic carbocycles. The van der Waals surface area contributed by atoms with E-state index in [1.807, 2.05) is 32.9 Å². The third kappa shape index (κ3) is 8.88. The molecule has 0 unspecified atom stereocenters. The van der Waals surface area contributed by atoms with E-state index in [1.165, 1.54) is 6.07 Å². The van der Waals surface area contributed by atoms with Crippen molar-refractivity contribution in [2.24, 2.45) is 11.5 Å². The van der Waals surface area contributed by atoms with Crippen LogP contribution in [0.2, 0.25) is 0 Å². The fraction of sp³-hybridized carbons (Fsp3) is 0.375. The number of benzene rings is 1. The summed E-state index contributed by atoms with van der Waals surface area (Å²) in [6, 6.07) is 9.74. The van der Waals surface area contributed by atoms with E-state index >= 15 is 0 Å². The van der Waals surface area contributed by atoms with Gasteiger partial charge in [-0.1, -0.05) is 12.2 Å². The molecule has 0 aliphatic carbocycles. The van der Waals surface area contributed by atoms with Crippen molar-refractivity contribution < 1.29 is 23.9 Å². The molecule has 1 fully saturated rings. The van der Waals surface area contributed by atoms with Gasteiger partial charge in [0.1, 0.15) is 28.3 Å². The van der Waals surface area contributed by atoms with Gasteiger partial charge in [0.2, 0.25) is 17.8 Å². The molecular formula is C40H49N15O5. The number of hydrogen-bond acceptors (Lipinski definition) is 12. The molecule has 1 aliphatic rings. The van der Waals surface area contributed by atoms with Crippen molar-refractivity contribution >= 4 is 57.7 Å². The first-order valence-corrected chi connectivity index (χ1v) is 19.9. The van der Waals surface area contributed by atoms with E-state index in [0.29, 0.717) is 64.8 Å². The topological polar surface area (TPSA) is 253 Å². The van der Waals surface area contributed by atoms with Gasteiger partial charge in [0.25, 0.3) is 17.7 Å². The minimum Gasteiger partial charge on any atom is -0.491 e. The first kappa shape index (κ1) is 41.2. The summed E-state index contributed by atoms with van der Waals surface area (Å²) in [6.45, 7) is 13.8. The van der Waals surface area contributed by atoms with Crippen LogP contribution in [0, 0.1) is 13.8 Å². The summed E-state index contributed by atoms with van der Waals surface area (Å²) in [4.78, 5) is 67.8. The number of aryl methyl sites for hydroxylation is 4. The predicted molar refractivity (Wildman–Crippen MR) is 224 cm³/mol. The second-order valence-electron chi connectivity index (χ2n) is 14.3. The van der Waals surface area contributed by atoms with Gasteiger partial charge in [-0.25, -0.2) is 9.97 Å². The molecule has 0 atom stereocenters. The van der Waals surface area contributed by atoms with E-state index < -0.39 is 23.6 Å². The van der Waals surface area contributed by atoms with Gasteiger partial charge in [0.05, 0.1) is 29.0 Å². The van der Waals surface area contributed by atoms with E-state index in [2.05, 4.69) is 41.0 Å². The number of anilines is 2. The maximum Gasteiger partial charge on any atom is 0.276 e. The molecule has 7 N–H and O–H groups in total. The third-order valence-corrected chi connectivity index (χ3v) is 10.1. The highest BCUT2D eigenvalue weighted by Gasteiger charge is 2.23. The van der Waals surface area contributed by atoms with Crippen molar-refractivity contribution in [2.45, 2.75) is 60.3 Å². The summed E-state index contributed by atoms with van der Waals surface area (Å²) >= 11 is 0. The fourth-order valence-corrected chi connectivity index (χ4v) is 7.22. The van der Waals surface area contributed by atoms with Crippen LogP contribution in [0.15, 0.2) is 48.6 Å². The lowest BCUT2D eigenvalue weighted by molar-refractivity contribution is 0.0989. The van der Waals surface area contributed by atoms with Crippen LogP contribution in [0.25, 0.3) is 22.2 Å². The molecule has 1 aliphatic heterocycles. The first-order chi connectivity index (χ1) is 28.9. The number of nitrogens with zero attached hydrogens (tertiary/aromatic N) is 10. The van der Waals surface area contributed by atoms with Gasteiger partial charge < -0.3 is 35.6 Å². The van der Waals surface area contributed by atoms with Gasteiger partial charge in [0, 0.05) is 64.5 Å². The molecule has 60 heavy (non-hydrogen) atoms. The Morgan fingerprint density at radius 2 is 1.42 bits per heavy atom. The predicted octanol–water partition coefficient (Wildman–Crippen LogP) is 2.46. The van der Waals surface area contributed by atoms with Crippen molar-refractivity contribution in [1.29, 1.82) is 0 Å². The number of amides is 4. The first-order valence-electron chi connectivity index (χ1n) is 19.9. The minimum absolute atomic E-state index is 0.0280.